The summed E-state index contributed by atoms with van der Waals surface area (Å²) in [5.41, 5.74) is 0.0419. The number of nitrogens with zero attached hydrogens (tertiary/aromatic N) is 1. The molecule has 0 radical (unpaired) electrons. The van der Waals surface area contributed by atoms with E-state index in [0.29, 0.717) is 0 Å². The van der Waals surface area contributed by atoms with Gasteiger partial charge >= 0.3 is 5.97 Å². The molecule has 6 heteroatoms. The van der Waals surface area contributed by atoms with Crippen molar-refractivity contribution in [3.05, 3.63) is 29.6 Å². The number of pyridine rings is 1. The van der Waals surface area contributed by atoms with Crippen molar-refractivity contribution in [2.75, 3.05) is 11.5 Å². The number of nitrogens with one attached hydrogen (secondary N) is 1. The molecule has 2 N–H and O–H groups in total. The van der Waals surface area contributed by atoms with Crippen LogP contribution in [0.4, 0.5) is 0 Å². The molecule has 0 spiro atoms. The summed E-state index contributed by atoms with van der Waals surface area (Å²) in [6.07, 6.45) is 0.953. The maximum Gasteiger partial charge on any atom is 0.354 e. The van der Waals surface area contributed by atoms with Crippen molar-refractivity contribution in [1.82, 2.24) is 10.3 Å². The molecule has 2 heterocycles. The summed E-state index contributed by atoms with van der Waals surface area (Å²) in [6, 6.07) is 4.58. The van der Waals surface area contributed by atoms with E-state index >= 15 is 0 Å². The molecule has 1 saturated heterocycles. The number of hydrogen-bond donors (Lipinski definition) is 2. The maximum atomic E-state index is 11.8. The lowest BCUT2D eigenvalue weighted by molar-refractivity contribution is 0.0690. The minimum atomic E-state index is -1.13. The third-order valence-corrected chi connectivity index (χ3v) is 3.63. The minimum Gasteiger partial charge on any atom is -0.477 e. The van der Waals surface area contributed by atoms with Crippen LogP contribution >= 0.6 is 11.8 Å². The second kappa shape index (κ2) is 5.18. The second-order valence-corrected chi connectivity index (χ2v) is 4.90. The Morgan fingerprint density at radius 2 is 2.18 bits per heavy atom. The Morgan fingerprint density at radius 1 is 1.41 bits per heavy atom. The van der Waals surface area contributed by atoms with E-state index in [0.717, 1.165) is 17.9 Å². The van der Waals surface area contributed by atoms with Crippen molar-refractivity contribution in [1.29, 1.82) is 0 Å². The van der Waals surface area contributed by atoms with E-state index in [1.165, 1.54) is 18.2 Å². The van der Waals surface area contributed by atoms with Gasteiger partial charge < -0.3 is 10.4 Å². The lowest BCUT2D eigenvalue weighted by atomic mass is 10.2. The molecule has 0 bridgehead atoms. The van der Waals surface area contributed by atoms with Crippen molar-refractivity contribution in [3.8, 4) is 0 Å². The highest BCUT2D eigenvalue weighted by Crippen LogP contribution is 2.17. The Balaban J connectivity index is 2.07. The van der Waals surface area contributed by atoms with Crippen molar-refractivity contribution in [2.24, 2.45) is 0 Å². The number of amides is 1. The van der Waals surface area contributed by atoms with Gasteiger partial charge in [-0.15, -0.1) is 0 Å². The average molecular weight is 252 g/mol. The molecular formula is C11H12N2O3S. The lowest BCUT2D eigenvalue weighted by Gasteiger charge is -2.10. The number of carboxylic acids is 1. The van der Waals surface area contributed by atoms with Crippen molar-refractivity contribution < 1.29 is 14.7 Å². The molecule has 5 nitrogen and oxygen atoms in total. The molecule has 1 aliphatic heterocycles. The van der Waals surface area contributed by atoms with Gasteiger partial charge in [-0.25, -0.2) is 9.78 Å². The number of carbonyl (C=O) groups is 2. The number of hydrogen-bond acceptors (Lipinski definition) is 4. The zero-order valence-electron chi connectivity index (χ0n) is 9.05. The summed E-state index contributed by atoms with van der Waals surface area (Å²) in [4.78, 5) is 26.3. The topological polar surface area (TPSA) is 79.3 Å². The summed E-state index contributed by atoms with van der Waals surface area (Å²) in [5.74, 6) is 0.523. The third-order valence-electron chi connectivity index (χ3n) is 2.47. The van der Waals surface area contributed by atoms with Gasteiger partial charge in [0, 0.05) is 11.8 Å². The molecule has 2 rings (SSSR count). The number of aromatic nitrogens is 1. The fourth-order valence-electron chi connectivity index (χ4n) is 1.59. The van der Waals surface area contributed by atoms with Crippen LogP contribution in [0.1, 0.15) is 27.4 Å². The smallest absolute Gasteiger partial charge is 0.354 e. The summed E-state index contributed by atoms with van der Waals surface area (Å²) in [6.45, 7) is 0. The molecule has 17 heavy (non-hydrogen) atoms. The fraction of sp³-hybridized carbons (Fsp3) is 0.364. The van der Waals surface area contributed by atoms with Gasteiger partial charge in [0.05, 0.1) is 0 Å². The van der Waals surface area contributed by atoms with E-state index in [1.807, 2.05) is 0 Å². The van der Waals surface area contributed by atoms with Crippen LogP contribution in [0.2, 0.25) is 0 Å². The Morgan fingerprint density at radius 3 is 2.82 bits per heavy atom. The molecular weight excluding hydrogens is 240 g/mol. The first kappa shape index (κ1) is 11.9. The maximum absolute atomic E-state index is 11.8. The van der Waals surface area contributed by atoms with Crippen LogP contribution in [0.5, 0.6) is 0 Å². The second-order valence-electron chi connectivity index (χ2n) is 3.75. The van der Waals surface area contributed by atoms with Gasteiger partial charge in [-0.1, -0.05) is 6.07 Å². The monoisotopic (exact) mass is 252 g/mol. The summed E-state index contributed by atoms with van der Waals surface area (Å²) in [5, 5.41) is 11.6. The van der Waals surface area contributed by atoms with Crippen LogP contribution in [-0.2, 0) is 0 Å². The van der Waals surface area contributed by atoms with Gasteiger partial charge in [0.2, 0.25) is 0 Å². The van der Waals surface area contributed by atoms with Crippen molar-refractivity contribution >= 4 is 23.6 Å². The van der Waals surface area contributed by atoms with Crippen LogP contribution < -0.4 is 5.32 Å². The summed E-state index contributed by atoms with van der Waals surface area (Å²) < 4.78 is 0. The first-order valence-electron chi connectivity index (χ1n) is 5.26. The van der Waals surface area contributed by atoms with E-state index in [9.17, 15) is 9.59 Å². The van der Waals surface area contributed by atoms with Crippen molar-refractivity contribution in [3.63, 3.8) is 0 Å². The van der Waals surface area contributed by atoms with E-state index in [-0.39, 0.29) is 23.3 Å². The van der Waals surface area contributed by atoms with Gasteiger partial charge in [0.1, 0.15) is 11.4 Å². The molecule has 1 aliphatic rings. The van der Waals surface area contributed by atoms with E-state index in [4.69, 9.17) is 5.11 Å². The Hall–Kier alpha value is -1.56. The quantitative estimate of drug-likeness (QED) is 0.839. The SMILES string of the molecule is O=C(O)c1cccc(C(=O)NC2CCSC2)n1. The molecule has 1 unspecified atom stereocenters. The zero-order chi connectivity index (χ0) is 12.3. The number of carbonyl (C=O) groups excluding carboxylic acids is 1. The van der Waals surface area contributed by atoms with E-state index < -0.39 is 5.97 Å². The Labute approximate surface area is 103 Å². The highest BCUT2D eigenvalue weighted by molar-refractivity contribution is 7.99. The van der Waals surface area contributed by atoms with Crippen LogP contribution in [0.3, 0.4) is 0 Å². The van der Waals surface area contributed by atoms with Crippen LogP contribution in [0.15, 0.2) is 18.2 Å². The summed E-state index contributed by atoms with van der Waals surface area (Å²) >= 11 is 1.80. The van der Waals surface area contributed by atoms with Gasteiger partial charge in [-0.3, -0.25) is 4.79 Å². The average Bonchev–Trinajstić information content (AvgIpc) is 2.82. The van der Waals surface area contributed by atoms with Gasteiger partial charge in [0.15, 0.2) is 0 Å². The fourth-order valence-corrected chi connectivity index (χ4v) is 2.74. The first-order chi connectivity index (χ1) is 8.16. The Kier molecular flexibility index (Phi) is 3.63. The third kappa shape index (κ3) is 2.97. The standard InChI is InChI=1S/C11H12N2O3S/c14-10(12-7-4-5-17-6-7)8-2-1-3-9(13-8)11(15)16/h1-3,7H,4-6H2,(H,12,14)(H,15,16). The number of thioether (sulfide) groups is 1. The van der Waals surface area contributed by atoms with E-state index in [2.05, 4.69) is 10.3 Å². The van der Waals surface area contributed by atoms with Gasteiger partial charge in [-0.2, -0.15) is 11.8 Å². The highest BCUT2D eigenvalue weighted by atomic mass is 32.2. The largest absolute Gasteiger partial charge is 0.477 e. The number of aromatic carboxylic acids is 1. The van der Waals surface area contributed by atoms with Gasteiger partial charge in [0.25, 0.3) is 5.91 Å². The molecule has 0 saturated carbocycles. The number of carboxylic acid groups (broad SMARTS) is 1. The predicted octanol–water partition coefficient (Wildman–Crippen LogP) is 1.02. The molecule has 1 atom stereocenters. The van der Waals surface area contributed by atoms with Crippen LogP contribution in [0, 0.1) is 0 Å². The van der Waals surface area contributed by atoms with E-state index in [1.54, 1.807) is 11.8 Å². The van der Waals surface area contributed by atoms with Crippen LogP contribution in [0.25, 0.3) is 0 Å². The molecule has 90 valence electrons. The number of rotatable bonds is 3. The normalized spacial score (nSPS) is 18.9. The van der Waals surface area contributed by atoms with Crippen molar-refractivity contribution in [2.45, 2.75) is 12.5 Å². The molecule has 1 aromatic heterocycles. The van der Waals surface area contributed by atoms with Crippen LogP contribution in [-0.4, -0.2) is 39.5 Å². The molecule has 1 aromatic rings. The predicted molar refractivity (Wildman–Crippen MR) is 64.4 cm³/mol. The zero-order valence-corrected chi connectivity index (χ0v) is 9.87. The molecule has 1 fully saturated rings. The molecule has 0 aromatic carbocycles. The minimum absolute atomic E-state index is 0.113. The van der Waals surface area contributed by atoms with Gasteiger partial charge in [-0.05, 0) is 24.3 Å². The Bertz CT molecular complexity index is 444. The highest BCUT2D eigenvalue weighted by Gasteiger charge is 2.19. The first-order valence-corrected chi connectivity index (χ1v) is 6.41. The summed E-state index contributed by atoms with van der Waals surface area (Å²) in [7, 11) is 0. The lowest BCUT2D eigenvalue weighted by Crippen LogP contribution is -2.35. The molecule has 0 aliphatic carbocycles. The molecule has 1 amide bonds.